The highest BCUT2D eigenvalue weighted by Crippen LogP contribution is 2.53. The second-order valence-electron chi connectivity index (χ2n) is 12.6. The van der Waals surface area contributed by atoms with Crippen molar-refractivity contribution in [1.82, 2.24) is 4.57 Å². The summed E-state index contributed by atoms with van der Waals surface area (Å²) in [4.78, 5) is 0. The Kier molecular flexibility index (Phi) is 5.31. The van der Waals surface area contributed by atoms with E-state index in [1.54, 1.807) is 0 Å². The molecule has 0 saturated carbocycles. The summed E-state index contributed by atoms with van der Waals surface area (Å²) >= 11 is 0. The molecule has 9 rings (SSSR count). The van der Waals surface area contributed by atoms with Crippen LogP contribution in [0.25, 0.3) is 71.6 Å². The average Bonchev–Trinajstić information content (AvgIpc) is 3.54. The number of hydrogen-bond donors (Lipinski definition) is 0. The van der Waals surface area contributed by atoms with Crippen LogP contribution in [-0.2, 0) is 5.41 Å². The topological polar surface area (TPSA) is 4.93 Å². The first-order valence-electron chi connectivity index (χ1n) is 15.5. The van der Waals surface area contributed by atoms with Gasteiger partial charge < -0.3 is 4.57 Å². The van der Waals surface area contributed by atoms with Crippen molar-refractivity contribution < 1.29 is 0 Å². The first-order valence-corrected chi connectivity index (χ1v) is 15.5. The van der Waals surface area contributed by atoms with Crippen LogP contribution in [0.3, 0.4) is 0 Å². The Morgan fingerprint density at radius 1 is 0.455 bits per heavy atom. The Labute approximate surface area is 257 Å². The van der Waals surface area contributed by atoms with E-state index in [-0.39, 0.29) is 5.41 Å². The molecule has 8 aromatic rings. The van der Waals surface area contributed by atoms with Crippen molar-refractivity contribution in [3.05, 3.63) is 163 Å². The predicted molar refractivity (Wildman–Crippen MR) is 187 cm³/mol. The number of nitrogens with zero attached hydrogens (tertiary/aromatic N) is 1. The Bertz CT molecular complexity index is 2330. The van der Waals surface area contributed by atoms with E-state index in [1.807, 2.05) is 0 Å². The van der Waals surface area contributed by atoms with Gasteiger partial charge in [-0.3, -0.25) is 0 Å². The molecule has 0 N–H and O–H groups in total. The Balaban J connectivity index is 1.41. The molecular formula is C43H31N. The van der Waals surface area contributed by atoms with Crippen LogP contribution < -0.4 is 0 Å². The lowest BCUT2D eigenvalue weighted by Crippen LogP contribution is -2.15. The lowest BCUT2D eigenvalue weighted by atomic mass is 9.79. The summed E-state index contributed by atoms with van der Waals surface area (Å²) in [6.45, 7) is 4.79. The van der Waals surface area contributed by atoms with Gasteiger partial charge in [-0.15, -0.1) is 0 Å². The van der Waals surface area contributed by atoms with Crippen molar-refractivity contribution in [2.24, 2.45) is 0 Å². The molecule has 0 unspecified atom stereocenters. The predicted octanol–water partition coefficient (Wildman–Crippen LogP) is 11.6. The molecule has 0 radical (unpaired) electrons. The molecule has 0 bridgehead atoms. The molecule has 1 aliphatic carbocycles. The van der Waals surface area contributed by atoms with Gasteiger partial charge in [-0.1, -0.05) is 135 Å². The van der Waals surface area contributed by atoms with Crippen LogP contribution in [-0.4, -0.2) is 4.57 Å². The third-order valence-corrected chi connectivity index (χ3v) is 9.73. The number of rotatable bonds is 3. The highest BCUT2D eigenvalue weighted by molar-refractivity contribution is 6.23. The number of hydrogen-bond acceptors (Lipinski definition) is 0. The van der Waals surface area contributed by atoms with E-state index in [0.29, 0.717) is 0 Å². The van der Waals surface area contributed by atoms with Crippen LogP contribution in [0.5, 0.6) is 0 Å². The molecule has 1 heteroatoms. The number of aromatic nitrogens is 1. The van der Waals surface area contributed by atoms with Crippen LogP contribution in [0, 0.1) is 0 Å². The highest BCUT2D eigenvalue weighted by atomic mass is 15.0. The summed E-state index contributed by atoms with van der Waals surface area (Å²) in [7, 11) is 0. The minimum atomic E-state index is -0.101. The molecule has 0 saturated heterocycles. The van der Waals surface area contributed by atoms with Crippen LogP contribution in [0.15, 0.2) is 152 Å². The lowest BCUT2D eigenvalue weighted by Gasteiger charge is -2.23. The van der Waals surface area contributed by atoms with Gasteiger partial charge in [-0.25, -0.2) is 0 Å². The maximum absolute atomic E-state index is 2.48. The molecule has 0 spiro atoms. The SMILES string of the molecule is CC1(C)c2ccccc2-c2ccc3ccc4c(c5ccccc5n4-c4cc(-c5ccccc5)cc(-c5ccccc5)c4)c3c21. The Morgan fingerprint density at radius 2 is 1.07 bits per heavy atom. The van der Waals surface area contributed by atoms with Gasteiger partial charge in [0.1, 0.15) is 0 Å². The van der Waals surface area contributed by atoms with E-state index >= 15 is 0 Å². The van der Waals surface area contributed by atoms with Crippen molar-refractivity contribution >= 4 is 32.6 Å². The van der Waals surface area contributed by atoms with E-state index in [9.17, 15) is 0 Å². The monoisotopic (exact) mass is 561 g/mol. The molecule has 1 nitrogen and oxygen atoms in total. The van der Waals surface area contributed by atoms with Gasteiger partial charge in [0.25, 0.3) is 0 Å². The average molecular weight is 562 g/mol. The summed E-state index contributed by atoms with van der Waals surface area (Å²) in [6, 6.07) is 55.7. The number of fused-ring (bicyclic) bond motifs is 9. The summed E-state index contributed by atoms with van der Waals surface area (Å²) in [5.41, 5.74) is 14.0. The van der Waals surface area contributed by atoms with Gasteiger partial charge in [0.05, 0.1) is 11.0 Å². The van der Waals surface area contributed by atoms with Gasteiger partial charge in [0, 0.05) is 21.9 Å². The van der Waals surface area contributed by atoms with E-state index in [1.165, 1.54) is 82.8 Å². The fourth-order valence-electron chi connectivity index (χ4n) is 7.76. The molecule has 208 valence electrons. The van der Waals surface area contributed by atoms with Crippen LogP contribution in [0.4, 0.5) is 0 Å². The third-order valence-electron chi connectivity index (χ3n) is 9.73. The van der Waals surface area contributed by atoms with E-state index < -0.39 is 0 Å². The molecule has 7 aromatic carbocycles. The molecule has 44 heavy (non-hydrogen) atoms. The summed E-state index contributed by atoms with van der Waals surface area (Å²) < 4.78 is 2.48. The maximum atomic E-state index is 2.48. The maximum Gasteiger partial charge on any atom is 0.0547 e. The summed E-state index contributed by atoms with van der Waals surface area (Å²) in [6.07, 6.45) is 0. The first kappa shape index (κ1) is 25.1. The minimum absolute atomic E-state index is 0.101. The van der Waals surface area contributed by atoms with Crippen LogP contribution in [0.2, 0.25) is 0 Å². The minimum Gasteiger partial charge on any atom is -0.309 e. The normalized spacial score (nSPS) is 13.4. The molecule has 1 aromatic heterocycles. The number of benzene rings is 7. The highest BCUT2D eigenvalue weighted by Gasteiger charge is 2.37. The number of para-hydroxylation sites is 1. The third kappa shape index (κ3) is 3.53. The molecule has 0 fully saturated rings. The quantitative estimate of drug-likeness (QED) is 0.202. The van der Waals surface area contributed by atoms with Gasteiger partial charge in [0.15, 0.2) is 0 Å². The van der Waals surface area contributed by atoms with Gasteiger partial charge in [0.2, 0.25) is 0 Å². The lowest BCUT2D eigenvalue weighted by molar-refractivity contribution is 0.666. The molecule has 1 aliphatic rings. The molecule has 0 atom stereocenters. The van der Waals surface area contributed by atoms with Crippen LogP contribution >= 0.6 is 0 Å². The van der Waals surface area contributed by atoms with Crippen molar-refractivity contribution in [1.29, 1.82) is 0 Å². The fraction of sp³-hybridized carbons (Fsp3) is 0.0698. The van der Waals surface area contributed by atoms with Crippen LogP contribution in [0.1, 0.15) is 25.0 Å². The Hall–Kier alpha value is -5.40. The van der Waals surface area contributed by atoms with E-state index in [2.05, 4.69) is 170 Å². The zero-order valence-corrected chi connectivity index (χ0v) is 24.9. The van der Waals surface area contributed by atoms with Crippen molar-refractivity contribution in [3.63, 3.8) is 0 Å². The zero-order chi connectivity index (χ0) is 29.4. The van der Waals surface area contributed by atoms with E-state index in [4.69, 9.17) is 0 Å². The van der Waals surface area contributed by atoms with Crippen molar-refractivity contribution in [2.45, 2.75) is 19.3 Å². The van der Waals surface area contributed by atoms with Gasteiger partial charge in [-0.2, -0.15) is 0 Å². The molecular weight excluding hydrogens is 530 g/mol. The molecule has 0 amide bonds. The smallest absolute Gasteiger partial charge is 0.0547 e. The second-order valence-corrected chi connectivity index (χ2v) is 12.6. The summed E-state index contributed by atoms with van der Waals surface area (Å²) in [5, 5.41) is 5.29. The standard InChI is InChI=1S/C43H31N/c1-43(2)37-19-11-9-17-34(37)35-23-21-30-22-24-39-41(40(30)42(35)43)36-18-10-12-20-38(36)44(39)33-26-31(28-13-5-3-6-14-28)25-32(27-33)29-15-7-4-8-16-29/h3-27H,1-2H3. The van der Waals surface area contributed by atoms with Gasteiger partial charge in [-0.05, 0) is 85.6 Å². The van der Waals surface area contributed by atoms with E-state index in [0.717, 1.165) is 0 Å². The van der Waals surface area contributed by atoms with Crippen molar-refractivity contribution in [3.8, 4) is 39.1 Å². The second kappa shape index (κ2) is 9.30. The first-order chi connectivity index (χ1) is 21.6. The molecule has 0 aliphatic heterocycles. The Morgan fingerprint density at radius 3 is 1.80 bits per heavy atom. The zero-order valence-electron chi connectivity index (χ0n) is 24.9. The van der Waals surface area contributed by atoms with Crippen molar-refractivity contribution in [2.75, 3.05) is 0 Å². The largest absolute Gasteiger partial charge is 0.309 e. The molecule has 1 heterocycles. The van der Waals surface area contributed by atoms with Gasteiger partial charge >= 0.3 is 0 Å². The summed E-state index contributed by atoms with van der Waals surface area (Å²) in [5.74, 6) is 0. The fourth-order valence-corrected chi connectivity index (χ4v) is 7.76.